The van der Waals surface area contributed by atoms with Crippen molar-refractivity contribution in [2.45, 2.75) is 11.1 Å². The number of hydrogen-bond donors (Lipinski definition) is 1. The van der Waals surface area contributed by atoms with Gasteiger partial charge in [0.05, 0.1) is 11.3 Å². The minimum absolute atomic E-state index is 0.195. The van der Waals surface area contributed by atoms with E-state index in [1.54, 1.807) is 0 Å². The van der Waals surface area contributed by atoms with Crippen molar-refractivity contribution in [1.29, 1.82) is 0 Å². The number of carbonyl (C=O) groups excluding carboxylic acids is 1. The number of alkyl halides is 3. The maximum Gasteiger partial charge on any atom is 0.416 e. The summed E-state index contributed by atoms with van der Waals surface area (Å²) in [7, 11) is 0. The zero-order valence-electron chi connectivity index (χ0n) is 11.5. The highest BCUT2D eigenvalue weighted by molar-refractivity contribution is 8.01. The summed E-state index contributed by atoms with van der Waals surface area (Å²) in [6, 6.07) is 7.07. The molecule has 0 aliphatic carbocycles. The van der Waals surface area contributed by atoms with Crippen molar-refractivity contribution in [1.82, 2.24) is 0 Å². The Hall–Kier alpha value is -2.22. The molecule has 0 atom stereocenters. The third-order valence-electron chi connectivity index (χ3n) is 3.33. The Morgan fingerprint density at radius 3 is 2.52 bits per heavy atom. The molecule has 1 aliphatic rings. The van der Waals surface area contributed by atoms with Crippen molar-refractivity contribution in [2.75, 3.05) is 10.8 Å². The second-order valence-electron chi connectivity index (χ2n) is 4.96. The van der Waals surface area contributed by atoms with E-state index in [0.717, 1.165) is 24.1 Å². The molecule has 2 aromatic rings. The van der Waals surface area contributed by atoms with Gasteiger partial charge < -0.3 is 10.0 Å². The molecule has 2 aromatic carbocycles. The first kappa shape index (κ1) is 15.7. The number of benzene rings is 2. The highest BCUT2D eigenvalue weighted by atomic mass is 32.2. The highest BCUT2D eigenvalue weighted by Gasteiger charge is 2.33. The van der Waals surface area contributed by atoms with Crippen LogP contribution in [0.4, 0.5) is 23.2 Å². The lowest BCUT2D eigenvalue weighted by molar-refractivity contribution is -0.137. The van der Waals surface area contributed by atoms with E-state index in [0.29, 0.717) is 16.1 Å². The predicted octanol–water partition coefficient (Wildman–Crippen LogP) is 3.82. The fourth-order valence-electron chi connectivity index (χ4n) is 2.37. The van der Waals surface area contributed by atoms with Gasteiger partial charge in [-0.05, 0) is 47.8 Å². The molecule has 2 N–H and O–H groups in total. The van der Waals surface area contributed by atoms with Gasteiger partial charge >= 0.3 is 6.18 Å². The van der Waals surface area contributed by atoms with Crippen LogP contribution in [0.15, 0.2) is 41.3 Å². The molecule has 3 nitrogen and oxygen atoms in total. The summed E-state index contributed by atoms with van der Waals surface area (Å²) in [4.78, 5) is 11.6. The van der Waals surface area contributed by atoms with Gasteiger partial charge in [0.2, 0.25) is 5.91 Å². The summed E-state index contributed by atoms with van der Waals surface area (Å²) in [6.45, 7) is -0.195. The van der Waals surface area contributed by atoms with Crippen molar-refractivity contribution in [3.05, 3.63) is 47.8 Å². The molecule has 0 aromatic heterocycles. The Morgan fingerprint density at radius 2 is 1.87 bits per heavy atom. The van der Waals surface area contributed by atoms with Gasteiger partial charge in [-0.1, -0.05) is 6.07 Å². The van der Waals surface area contributed by atoms with Crippen molar-refractivity contribution in [3.63, 3.8) is 0 Å². The zero-order valence-corrected chi connectivity index (χ0v) is 12.3. The van der Waals surface area contributed by atoms with E-state index in [2.05, 4.69) is 0 Å². The first-order chi connectivity index (χ1) is 10.8. The van der Waals surface area contributed by atoms with Crippen LogP contribution in [0.2, 0.25) is 0 Å². The molecule has 23 heavy (non-hydrogen) atoms. The quantitative estimate of drug-likeness (QED) is 0.667. The molecule has 3 rings (SSSR count). The number of rotatable bonds is 2. The van der Waals surface area contributed by atoms with Crippen LogP contribution in [0.25, 0.3) is 11.1 Å². The van der Waals surface area contributed by atoms with Gasteiger partial charge in [-0.25, -0.2) is 4.39 Å². The lowest BCUT2D eigenvalue weighted by Gasteiger charge is -2.31. The largest absolute Gasteiger partial charge is 0.416 e. The lowest BCUT2D eigenvalue weighted by atomic mass is 10.00. The first-order valence-corrected chi connectivity index (χ1v) is 7.28. The van der Waals surface area contributed by atoms with Gasteiger partial charge in [0.1, 0.15) is 12.4 Å². The van der Waals surface area contributed by atoms with Gasteiger partial charge in [-0.2, -0.15) is 13.2 Å². The normalized spacial score (nSPS) is 13.5. The van der Waals surface area contributed by atoms with Crippen molar-refractivity contribution >= 4 is 23.5 Å². The monoisotopic (exact) mass is 342 g/mol. The number of halogens is 4. The average molecular weight is 342 g/mol. The molecule has 0 saturated heterocycles. The number of anilines is 1. The van der Waals surface area contributed by atoms with E-state index in [4.69, 9.17) is 5.73 Å². The number of primary amides is 1. The fourth-order valence-corrected chi connectivity index (χ4v) is 3.50. The maximum atomic E-state index is 13.4. The van der Waals surface area contributed by atoms with E-state index in [-0.39, 0.29) is 12.1 Å². The molecule has 0 spiro atoms. The van der Waals surface area contributed by atoms with Crippen LogP contribution in [0, 0.1) is 5.82 Å². The van der Waals surface area contributed by atoms with Crippen molar-refractivity contribution in [2.24, 2.45) is 5.73 Å². The summed E-state index contributed by atoms with van der Waals surface area (Å²) >= 11 is 1.07. The molecule has 0 saturated carbocycles. The fraction of sp³-hybridized carbons (Fsp3) is 0.133. The molecular formula is C15H10F4N2OS. The number of amides is 1. The summed E-state index contributed by atoms with van der Waals surface area (Å²) < 4.78 is 53.7. The summed E-state index contributed by atoms with van der Waals surface area (Å²) in [6.07, 6.45) is -4.49. The van der Waals surface area contributed by atoms with Crippen LogP contribution in [-0.4, -0.2) is 12.5 Å². The Balaban J connectivity index is 2.19. The molecule has 1 aliphatic heterocycles. The Bertz CT molecular complexity index is 792. The molecule has 8 heteroatoms. The average Bonchev–Trinajstić information content (AvgIpc) is 2.45. The zero-order chi connectivity index (χ0) is 16.8. The minimum atomic E-state index is -4.49. The number of fused-ring (bicyclic) bond motifs is 3. The van der Waals surface area contributed by atoms with Crippen LogP contribution in [0.3, 0.4) is 0 Å². The van der Waals surface area contributed by atoms with E-state index >= 15 is 0 Å². The van der Waals surface area contributed by atoms with E-state index in [1.807, 2.05) is 0 Å². The Morgan fingerprint density at radius 1 is 1.13 bits per heavy atom. The first-order valence-electron chi connectivity index (χ1n) is 6.50. The van der Waals surface area contributed by atoms with E-state index < -0.39 is 23.5 Å². The van der Waals surface area contributed by atoms with Crippen LogP contribution in [0.1, 0.15) is 5.56 Å². The molecule has 1 heterocycles. The third-order valence-corrected chi connectivity index (χ3v) is 4.42. The van der Waals surface area contributed by atoms with Gasteiger partial charge in [-0.15, -0.1) is 0 Å². The van der Waals surface area contributed by atoms with Crippen LogP contribution < -0.4 is 10.0 Å². The SMILES string of the molecule is NC(=O)CN1Sc2cc(F)ccc2-c2cc(C(F)(F)F)ccc21. The number of carbonyl (C=O) groups is 1. The van der Waals surface area contributed by atoms with E-state index in [9.17, 15) is 22.4 Å². The summed E-state index contributed by atoms with van der Waals surface area (Å²) in [5.74, 6) is -1.14. The number of hydrogen-bond acceptors (Lipinski definition) is 3. The minimum Gasteiger partial charge on any atom is -0.368 e. The number of nitrogens with two attached hydrogens (primary N) is 1. The molecule has 0 radical (unpaired) electrons. The smallest absolute Gasteiger partial charge is 0.368 e. The van der Waals surface area contributed by atoms with Gasteiger partial charge in [0.15, 0.2) is 0 Å². The second kappa shape index (κ2) is 5.45. The Kier molecular flexibility index (Phi) is 3.71. The third kappa shape index (κ3) is 2.98. The van der Waals surface area contributed by atoms with Crippen molar-refractivity contribution in [3.8, 4) is 11.1 Å². The second-order valence-corrected chi connectivity index (χ2v) is 6.03. The summed E-state index contributed by atoms with van der Waals surface area (Å²) in [5, 5.41) is 0. The standard InChI is InChI=1S/C15H10F4N2OS/c16-9-2-3-10-11-5-8(15(17,18)19)1-4-12(11)21(7-14(20)22)23-13(10)6-9/h1-6H,7H2,(H2,20,22). The van der Waals surface area contributed by atoms with Gasteiger partial charge in [0, 0.05) is 10.5 Å². The molecular weight excluding hydrogens is 332 g/mol. The van der Waals surface area contributed by atoms with E-state index in [1.165, 1.54) is 28.6 Å². The number of nitrogens with zero attached hydrogens (tertiary/aromatic N) is 1. The molecule has 120 valence electrons. The van der Waals surface area contributed by atoms with Crippen molar-refractivity contribution < 1.29 is 22.4 Å². The molecule has 1 amide bonds. The van der Waals surface area contributed by atoms with Gasteiger partial charge in [0.25, 0.3) is 0 Å². The van der Waals surface area contributed by atoms with Gasteiger partial charge in [-0.3, -0.25) is 4.79 Å². The summed E-state index contributed by atoms with van der Waals surface area (Å²) in [5.41, 5.74) is 5.58. The predicted molar refractivity (Wildman–Crippen MR) is 79.2 cm³/mol. The Labute approximate surface area is 133 Å². The molecule has 0 bridgehead atoms. The highest BCUT2D eigenvalue weighted by Crippen LogP contribution is 2.48. The molecule has 0 fully saturated rings. The van der Waals surface area contributed by atoms with Crippen LogP contribution in [-0.2, 0) is 11.0 Å². The van der Waals surface area contributed by atoms with Crippen LogP contribution >= 0.6 is 11.9 Å². The lowest BCUT2D eigenvalue weighted by Crippen LogP contribution is -2.30. The maximum absolute atomic E-state index is 13.4. The molecule has 0 unspecified atom stereocenters. The van der Waals surface area contributed by atoms with Crippen LogP contribution in [0.5, 0.6) is 0 Å². The topological polar surface area (TPSA) is 46.3 Å².